The number of carbonyl (C=O) groups excluding carboxylic acids is 2. The van der Waals surface area contributed by atoms with Crippen molar-refractivity contribution in [2.45, 2.75) is 19.0 Å². The standard InChI is InChI=1S/C17H14BrFN2O2/c1-17(12-6-4-7-13(18)9-12)15(22)21(16(23)20-17)10-11-5-2-3-8-14(11)19/h2-9H,10H2,1H3,(H,20,23). The van der Waals surface area contributed by atoms with Crippen LogP contribution in [0.3, 0.4) is 0 Å². The molecule has 6 heteroatoms. The van der Waals surface area contributed by atoms with Gasteiger partial charge < -0.3 is 5.32 Å². The minimum absolute atomic E-state index is 0.0963. The molecule has 1 unspecified atom stereocenters. The number of hydrogen-bond donors (Lipinski definition) is 1. The van der Waals surface area contributed by atoms with Gasteiger partial charge in [-0.2, -0.15) is 0 Å². The monoisotopic (exact) mass is 376 g/mol. The van der Waals surface area contributed by atoms with Gasteiger partial charge in [0.05, 0.1) is 6.54 Å². The molecule has 0 radical (unpaired) electrons. The Morgan fingerprint density at radius 2 is 1.91 bits per heavy atom. The highest BCUT2D eigenvalue weighted by Gasteiger charge is 2.49. The van der Waals surface area contributed by atoms with Gasteiger partial charge in [-0.15, -0.1) is 0 Å². The summed E-state index contributed by atoms with van der Waals surface area (Å²) in [5, 5.41) is 2.71. The summed E-state index contributed by atoms with van der Waals surface area (Å²) in [5.41, 5.74) is -0.192. The van der Waals surface area contributed by atoms with Crippen molar-refractivity contribution in [1.82, 2.24) is 10.2 Å². The zero-order valence-electron chi connectivity index (χ0n) is 12.3. The van der Waals surface area contributed by atoms with Crippen molar-refractivity contribution < 1.29 is 14.0 Å². The van der Waals surface area contributed by atoms with Crippen LogP contribution in [-0.2, 0) is 16.9 Å². The van der Waals surface area contributed by atoms with E-state index in [0.717, 1.165) is 9.37 Å². The van der Waals surface area contributed by atoms with Crippen LogP contribution in [0.4, 0.5) is 9.18 Å². The van der Waals surface area contributed by atoms with Crippen molar-refractivity contribution >= 4 is 27.9 Å². The van der Waals surface area contributed by atoms with Gasteiger partial charge in [-0.05, 0) is 30.7 Å². The number of imide groups is 1. The smallest absolute Gasteiger partial charge is 0.319 e. The lowest BCUT2D eigenvalue weighted by molar-refractivity contribution is -0.131. The predicted octanol–water partition coefficient (Wildman–Crippen LogP) is 3.56. The molecule has 2 aromatic carbocycles. The van der Waals surface area contributed by atoms with Gasteiger partial charge in [0.2, 0.25) is 0 Å². The average Bonchev–Trinajstić information content (AvgIpc) is 2.74. The molecule has 3 rings (SSSR count). The summed E-state index contributed by atoms with van der Waals surface area (Å²) in [4.78, 5) is 26.0. The number of carbonyl (C=O) groups is 2. The minimum Gasteiger partial charge on any atom is -0.319 e. The lowest BCUT2D eigenvalue weighted by Crippen LogP contribution is -2.40. The van der Waals surface area contributed by atoms with E-state index in [1.807, 2.05) is 6.07 Å². The zero-order valence-corrected chi connectivity index (χ0v) is 13.9. The van der Waals surface area contributed by atoms with Crippen LogP contribution < -0.4 is 5.32 Å². The van der Waals surface area contributed by atoms with Crippen molar-refractivity contribution in [3.8, 4) is 0 Å². The zero-order chi connectivity index (χ0) is 16.6. The molecule has 0 spiro atoms. The number of amides is 3. The van der Waals surface area contributed by atoms with Crippen LogP contribution in [0.15, 0.2) is 53.0 Å². The quantitative estimate of drug-likeness (QED) is 0.832. The van der Waals surface area contributed by atoms with Crippen LogP contribution in [0.25, 0.3) is 0 Å². The summed E-state index contributed by atoms with van der Waals surface area (Å²) >= 11 is 3.36. The highest BCUT2D eigenvalue weighted by atomic mass is 79.9. The molecule has 0 saturated carbocycles. The first-order valence-electron chi connectivity index (χ1n) is 7.05. The average molecular weight is 377 g/mol. The Balaban J connectivity index is 1.92. The Bertz CT molecular complexity index is 796. The molecule has 0 bridgehead atoms. The number of urea groups is 1. The molecular formula is C17H14BrFN2O2. The molecule has 118 valence electrons. The van der Waals surface area contributed by atoms with E-state index in [-0.39, 0.29) is 6.54 Å². The molecule has 1 aliphatic rings. The Morgan fingerprint density at radius 3 is 2.61 bits per heavy atom. The summed E-state index contributed by atoms with van der Waals surface area (Å²) in [6.07, 6.45) is 0. The maximum atomic E-state index is 13.8. The summed E-state index contributed by atoms with van der Waals surface area (Å²) in [6, 6.07) is 12.8. The SMILES string of the molecule is CC1(c2cccc(Br)c2)NC(=O)N(Cc2ccccc2F)C1=O. The fourth-order valence-electron chi connectivity index (χ4n) is 2.63. The topological polar surface area (TPSA) is 49.4 Å². The third-order valence-corrected chi connectivity index (χ3v) is 4.46. The Labute approximate surface area is 141 Å². The van der Waals surface area contributed by atoms with E-state index >= 15 is 0 Å². The summed E-state index contributed by atoms with van der Waals surface area (Å²) in [5.74, 6) is -0.840. The first-order chi connectivity index (χ1) is 10.9. The highest BCUT2D eigenvalue weighted by Crippen LogP contribution is 2.31. The van der Waals surface area contributed by atoms with Gasteiger partial charge >= 0.3 is 6.03 Å². The van der Waals surface area contributed by atoms with E-state index in [4.69, 9.17) is 0 Å². The molecule has 1 N–H and O–H groups in total. The summed E-state index contributed by atoms with van der Waals surface area (Å²) < 4.78 is 14.6. The maximum absolute atomic E-state index is 13.8. The lowest BCUT2D eigenvalue weighted by atomic mass is 9.92. The summed E-state index contributed by atoms with van der Waals surface area (Å²) in [6.45, 7) is 1.55. The van der Waals surface area contributed by atoms with Crippen molar-refractivity contribution in [1.29, 1.82) is 0 Å². The molecule has 3 amide bonds. The Kier molecular flexibility index (Phi) is 3.93. The van der Waals surface area contributed by atoms with Gasteiger partial charge in [0.15, 0.2) is 0 Å². The second kappa shape index (κ2) is 5.77. The molecule has 2 aromatic rings. The first kappa shape index (κ1) is 15.7. The second-order valence-electron chi connectivity index (χ2n) is 5.55. The maximum Gasteiger partial charge on any atom is 0.325 e. The molecule has 0 aromatic heterocycles. The van der Waals surface area contributed by atoms with Crippen LogP contribution >= 0.6 is 15.9 Å². The van der Waals surface area contributed by atoms with Gasteiger partial charge in [-0.1, -0.05) is 46.3 Å². The second-order valence-corrected chi connectivity index (χ2v) is 6.46. The Morgan fingerprint density at radius 1 is 1.17 bits per heavy atom. The number of halogens is 2. The molecule has 4 nitrogen and oxygen atoms in total. The number of hydrogen-bond acceptors (Lipinski definition) is 2. The molecule has 1 fully saturated rings. The van der Waals surface area contributed by atoms with Crippen LogP contribution in [0.1, 0.15) is 18.1 Å². The molecule has 1 saturated heterocycles. The molecule has 23 heavy (non-hydrogen) atoms. The minimum atomic E-state index is -1.16. The van der Waals surface area contributed by atoms with Crippen LogP contribution in [0.2, 0.25) is 0 Å². The molecule has 1 heterocycles. The van der Waals surface area contributed by atoms with Crippen LogP contribution in [-0.4, -0.2) is 16.8 Å². The lowest BCUT2D eigenvalue weighted by Gasteiger charge is -2.22. The van der Waals surface area contributed by atoms with Crippen LogP contribution in [0.5, 0.6) is 0 Å². The van der Waals surface area contributed by atoms with E-state index in [1.165, 1.54) is 6.07 Å². The van der Waals surface area contributed by atoms with Gasteiger partial charge in [0.25, 0.3) is 5.91 Å². The fraction of sp³-hybridized carbons (Fsp3) is 0.176. The van der Waals surface area contributed by atoms with E-state index in [9.17, 15) is 14.0 Å². The van der Waals surface area contributed by atoms with Crippen molar-refractivity contribution in [2.75, 3.05) is 0 Å². The number of nitrogens with zero attached hydrogens (tertiary/aromatic N) is 1. The van der Waals surface area contributed by atoms with E-state index in [1.54, 1.807) is 43.3 Å². The fourth-order valence-corrected chi connectivity index (χ4v) is 3.03. The van der Waals surface area contributed by atoms with Gasteiger partial charge in [-0.25, -0.2) is 9.18 Å². The predicted molar refractivity (Wildman–Crippen MR) is 87.0 cm³/mol. The van der Waals surface area contributed by atoms with Crippen molar-refractivity contribution in [3.63, 3.8) is 0 Å². The normalized spacial score (nSPS) is 20.7. The number of nitrogens with one attached hydrogen (secondary N) is 1. The van der Waals surface area contributed by atoms with Gasteiger partial charge in [0.1, 0.15) is 11.4 Å². The van der Waals surface area contributed by atoms with Crippen molar-refractivity contribution in [2.24, 2.45) is 0 Å². The van der Waals surface area contributed by atoms with E-state index in [2.05, 4.69) is 21.2 Å². The third kappa shape index (κ3) is 2.74. The number of rotatable bonds is 3. The number of benzene rings is 2. The first-order valence-corrected chi connectivity index (χ1v) is 7.84. The largest absolute Gasteiger partial charge is 0.325 e. The third-order valence-electron chi connectivity index (χ3n) is 3.96. The Hall–Kier alpha value is -2.21. The molecular weight excluding hydrogens is 363 g/mol. The summed E-state index contributed by atoms with van der Waals surface area (Å²) in [7, 11) is 0. The van der Waals surface area contributed by atoms with E-state index < -0.39 is 23.3 Å². The molecule has 0 aliphatic carbocycles. The van der Waals surface area contributed by atoms with Gasteiger partial charge in [0, 0.05) is 10.0 Å². The van der Waals surface area contributed by atoms with Gasteiger partial charge in [-0.3, -0.25) is 9.69 Å². The van der Waals surface area contributed by atoms with Crippen LogP contribution in [0, 0.1) is 5.82 Å². The van der Waals surface area contributed by atoms with E-state index in [0.29, 0.717) is 11.1 Å². The van der Waals surface area contributed by atoms with Crippen molar-refractivity contribution in [3.05, 3.63) is 69.9 Å². The molecule has 1 atom stereocenters. The highest BCUT2D eigenvalue weighted by molar-refractivity contribution is 9.10. The molecule has 1 aliphatic heterocycles.